The molecule has 0 aliphatic heterocycles. The highest BCUT2D eigenvalue weighted by molar-refractivity contribution is 5.95. The first-order valence-electron chi connectivity index (χ1n) is 5.22. The summed E-state index contributed by atoms with van der Waals surface area (Å²) >= 11 is 0. The molecule has 0 aliphatic rings. The van der Waals surface area contributed by atoms with E-state index in [1.54, 1.807) is 0 Å². The van der Waals surface area contributed by atoms with E-state index in [-0.39, 0.29) is 0 Å². The van der Waals surface area contributed by atoms with Crippen LogP contribution in [0.2, 0.25) is 0 Å². The summed E-state index contributed by atoms with van der Waals surface area (Å²) < 4.78 is 0. The van der Waals surface area contributed by atoms with Crippen LogP contribution < -0.4 is 0 Å². The molecule has 78 valence electrons. The second-order valence-electron chi connectivity index (χ2n) is 4.22. The summed E-state index contributed by atoms with van der Waals surface area (Å²) in [5.41, 5.74) is 4.68. The molecule has 0 atom stereocenters. The molecule has 1 heteroatoms. The van der Waals surface area contributed by atoms with Crippen molar-refractivity contribution in [2.75, 3.05) is 0 Å². The molecule has 15 heavy (non-hydrogen) atoms. The number of aromatic hydroxyl groups is 1. The zero-order valence-electron chi connectivity index (χ0n) is 9.68. The summed E-state index contributed by atoms with van der Waals surface area (Å²) in [4.78, 5) is 0. The van der Waals surface area contributed by atoms with E-state index in [1.807, 2.05) is 19.1 Å². The van der Waals surface area contributed by atoms with Crippen LogP contribution in [0, 0.1) is 27.7 Å². The Balaban J connectivity index is 3.08. The van der Waals surface area contributed by atoms with Gasteiger partial charge in [0.25, 0.3) is 0 Å². The van der Waals surface area contributed by atoms with E-state index < -0.39 is 0 Å². The maximum Gasteiger partial charge on any atom is 0.126 e. The van der Waals surface area contributed by atoms with Gasteiger partial charge in [-0.25, -0.2) is 0 Å². The molecule has 0 spiro atoms. The number of rotatable bonds is 0. The Morgan fingerprint density at radius 3 is 2.20 bits per heavy atom. The van der Waals surface area contributed by atoms with Gasteiger partial charge in [-0.1, -0.05) is 18.2 Å². The van der Waals surface area contributed by atoms with Crippen LogP contribution in [0.1, 0.15) is 22.3 Å². The highest BCUT2D eigenvalue weighted by Gasteiger charge is 2.11. The second kappa shape index (κ2) is 3.27. The van der Waals surface area contributed by atoms with E-state index in [4.69, 9.17) is 0 Å². The molecule has 0 aromatic heterocycles. The molecular weight excluding hydrogens is 184 g/mol. The Hall–Kier alpha value is -1.50. The minimum atomic E-state index is 0.428. The summed E-state index contributed by atoms with van der Waals surface area (Å²) in [6, 6.07) is 6.06. The fourth-order valence-electron chi connectivity index (χ4n) is 2.21. The SMILES string of the molecule is Cc1c(C)c(C)c2c(C)cccc2c1O. The molecule has 2 rings (SSSR count). The summed E-state index contributed by atoms with van der Waals surface area (Å²) in [5.74, 6) is 0.428. The predicted molar refractivity (Wildman–Crippen MR) is 64.6 cm³/mol. The van der Waals surface area contributed by atoms with Crippen LogP contribution in [0.15, 0.2) is 18.2 Å². The van der Waals surface area contributed by atoms with Gasteiger partial charge in [0.05, 0.1) is 0 Å². The van der Waals surface area contributed by atoms with Crippen LogP contribution in [0.5, 0.6) is 5.75 Å². The smallest absolute Gasteiger partial charge is 0.126 e. The first kappa shape index (κ1) is 10.0. The van der Waals surface area contributed by atoms with Crippen molar-refractivity contribution in [2.24, 2.45) is 0 Å². The minimum Gasteiger partial charge on any atom is -0.507 e. The number of hydrogen-bond acceptors (Lipinski definition) is 1. The Kier molecular flexibility index (Phi) is 2.18. The number of hydrogen-bond donors (Lipinski definition) is 1. The quantitative estimate of drug-likeness (QED) is 0.686. The molecule has 0 aliphatic carbocycles. The fraction of sp³-hybridized carbons (Fsp3) is 0.286. The first-order valence-corrected chi connectivity index (χ1v) is 5.22. The molecule has 0 radical (unpaired) electrons. The maximum absolute atomic E-state index is 10.1. The maximum atomic E-state index is 10.1. The van der Waals surface area contributed by atoms with Crippen molar-refractivity contribution >= 4 is 10.8 Å². The van der Waals surface area contributed by atoms with Crippen molar-refractivity contribution in [3.05, 3.63) is 40.5 Å². The minimum absolute atomic E-state index is 0.428. The number of benzene rings is 2. The van der Waals surface area contributed by atoms with E-state index in [1.165, 1.54) is 22.1 Å². The Bertz CT molecular complexity index is 539. The molecule has 0 unspecified atom stereocenters. The van der Waals surface area contributed by atoms with E-state index in [0.717, 1.165) is 10.9 Å². The third-order valence-electron chi connectivity index (χ3n) is 3.38. The lowest BCUT2D eigenvalue weighted by Crippen LogP contribution is -1.92. The first-order chi connectivity index (χ1) is 7.04. The Morgan fingerprint density at radius 2 is 1.53 bits per heavy atom. The van der Waals surface area contributed by atoms with Gasteiger partial charge in [-0.2, -0.15) is 0 Å². The molecular formula is C14H16O. The standard InChI is InChI=1S/C14H16O/c1-8-6-5-7-12-13(8)10(3)9(2)11(4)14(12)15/h5-7,15H,1-4H3. The van der Waals surface area contributed by atoms with Gasteiger partial charge >= 0.3 is 0 Å². The van der Waals surface area contributed by atoms with Crippen LogP contribution in [0.4, 0.5) is 0 Å². The van der Waals surface area contributed by atoms with Crippen molar-refractivity contribution in [2.45, 2.75) is 27.7 Å². The van der Waals surface area contributed by atoms with Crippen LogP contribution in [-0.4, -0.2) is 5.11 Å². The lowest BCUT2D eigenvalue weighted by atomic mass is 9.93. The van der Waals surface area contributed by atoms with Crippen LogP contribution in [0.25, 0.3) is 10.8 Å². The number of fused-ring (bicyclic) bond motifs is 1. The average Bonchev–Trinajstić information content (AvgIpc) is 2.23. The van der Waals surface area contributed by atoms with E-state index in [9.17, 15) is 5.11 Å². The number of phenolic OH excluding ortho intramolecular Hbond substituents is 1. The van der Waals surface area contributed by atoms with Gasteiger partial charge < -0.3 is 5.11 Å². The topological polar surface area (TPSA) is 20.2 Å². The molecule has 0 saturated carbocycles. The van der Waals surface area contributed by atoms with Crippen molar-refractivity contribution in [3.8, 4) is 5.75 Å². The molecule has 0 amide bonds. The summed E-state index contributed by atoms with van der Waals surface area (Å²) in [6.45, 7) is 8.25. The molecule has 0 bridgehead atoms. The van der Waals surface area contributed by atoms with Crippen molar-refractivity contribution < 1.29 is 5.11 Å². The predicted octanol–water partition coefficient (Wildman–Crippen LogP) is 3.78. The van der Waals surface area contributed by atoms with Crippen molar-refractivity contribution in [1.82, 2.24) is 0 Å². The van der Waals surface area contributed by atoms with Gasteiger partial charge in [-0.05, 0) is 55.3 Å². The highest BCUT2D eigenvalue weighted by atomic mass is 16.3. The zero-order valence-corrected chi connectivity index (χ0v) is 9.68. The molecule has 0 saturated heterocycles. The number of aryl methyl sites for hydroxylation is 2. The lowest BCUT2D eigenvalue weighted by Gasteiger charge is -2.14. The van der Waals surface area contributed by atoms with E-state index >= 15 is 0 Å². The normalized spacial score (nSPS) is 10.9. The van der Waals surface area contributed by atoms with Crippen LogP contribution in [0.3, 0.4) is 0 Å². The van der Waals surface area contributed by atoms with Gasteiger partial charge in [-0.15, -0.1) is 0 Å². The molecule has 2 aromatic carbocycles. The third kappa shape index (κ3) is 1.30. The van der Waals surface area contributed by atoms with Crippen molar-refractivity contribution in [1.29, 1.82) is 0 Å². The zero-order chi connectivity index (χ0) is 11.2. The summed E-state index contributed by atoms with van der Waals surface area (Å²) in [7, 11) is 0. The highest BCUT2D eigenvalue weighted by Crippen LogP contribution is 2.35. The summed E-state index contributed by atoms with van der Waals surface area (Å²) in [6.07, 6.45) is 0. The molecule has 1 nitrogen and oxygen atoms in total. The molecule has 0 heterocycles. The monoisotopic (exact) mass is 200 g/mol. The largest absolute Gasteiger partial charge is 0.507 e. The van der Waals surface area contributed by atoms with Gasteiger partial charge in [-0.3, -0.25) is 0 Å². The average molecular weight is 200 g/mol. The number of phenols is 1. The van der Waals surface area contributed by atoms with Gasteiger partial charge in [0.2, 0.25) is 0 Å². The third-order valence-corrected chi connectivity index (χ3v) is 3.38. The molecule has 1 N–H and O–H groups in total. The van der Waals surface area contributed by atoms with E-state index in [0.29, 0.717) is 5.75 Å². The molecule has 2 aromatic rings. The van der Waals surface area contributed by atoms with Crippen LogP contribution >= 0.6 is 0 Å². The summed E-state index contributed by atoms with van der Waals surface area (Å²) in [5, 5.41) is 12.2. The lowest BCUT2D eigenvalue weighted by molar-refractivity contribution is 0.477. The van der Waals surface area contributed by atoms with E-state index in [2.05, 4.69) is 26.8 Å². The second-order valence-corrected chi connectivity index (χ2v) is 4.22. The Labute approximate surface area is 90.4 Å². The van der Waals surface area contributed by atoms with Gasteiger partial charge in [0.1, 0.15) is 5.75 Å². The Morgan fingerprint density at radius 1 is 0.867 bits per heavy atom. The van der Waals surface area contributed by atoms with Crippen molar-refractivity contribution in [3.63, 3.8) is 0 Å². The fourth-order valence-corrected chi connectivity index (χ4v) is 2.21. The van der Waals surface area contributed by atoms with Gasteiger partial charge in [0, 0.05) is 5.39 Å². The van der Waals surface area contributed by atoms with Crippen LogP contribution in [-0.2, 0) is 0 Å². The molecule has 0 fully saturated rings. The van der Waals surface area contributed by atoms with Gasteiger partial charge in [0.15, 0.2) is 0 Å².